The summed E-state index contributed by atoms with van der Waals surface area (Å²) in [5.41, 5.74) is 1.47. The molecule has 26 heavy (non-hydrogen) atoms. The van der Waals surface area contributed by atoms with Crippen molar-refractivity contribution in [2.75, 3.05) is 0 Å². The number of benzene rings is 1. The van der Waals surface area contributed by atoms with E-state index < -0.39 is 0 Å². The Morgan fingerprint density at radius 1 is 1.12 bits per heavy atom. The summed E-state index contributed by atoms with van der Waals surface area (Å²) in [5.74, 6) is 1.07. The average Bonchev–Trinajstić information content (AvgIpc) is 3.29. The molecule has 0 aliphatic rings. The lowest BCUT2D eigenvalue weighted by Crippen LogP contribution is -2.27. The number of rotatable bonds is 4. The molecule has 0 radical (unpaired) electrons. The second-order valence-electron chi connectivity index (χ2n) is 5.83. The smallest absolute Gasteiger partial charge is 0.287 e. The van der Waals surface area contributed by atoms with E-state index in [9.17, 15) is 4.79 Å². The zero-order chi connectivity index (χ0) is 18.1. The maximum Gasteiger partial charge on any atom is 0.287 e. The Labute approximate surface area is 154 Å². The summed E-state index contributed by atoms with van der Waals surface area (Å²) in [6.07, 6.45) is 1.86. The number of carbonyl (C=O) groups excluding carboxylic acids is 1. The predicted molar refractivity (Wildman–Crippen MR) is 98.0 cm³/mol. The van der Waals surface area contributed by atoms with Gasteiger partial charge in [0.1, 0.15) is 5.76 Å². The van der Waals surface area contributed by atoms with Crippen LogP contribution >= 0.6 is 11.6 Å². The van der Waals surface area contributed by atoms with E-state index in [1.165, 1.54) is 0 Å². The topological polar surface area (TPSA) is 72.4 Å². The summed E-state index contributed by atoms with van der Waals surface area (Å²) in [6, 6.07) is 16.0. The quantitative estimate of drug-likeness (QED) is 0.589. The maximum absolute atomic E-state index is 12.5. The number of hydrogen-bond acceptors (Lipinski definition) is 4. The molecule has 1 aromatic carbocycles. The molecule has 0 spiro atoms. The summed E-state index contributed by atoms with van der Waals surface area (Å²) in [6.45, 7) is 1.85. The SMILES string of the molecule is CC(NC(=O)c1ccc(-c2ccccc2Cl)o1)c1nnc2ccccn12. The van der Waals surface area contributed by atoms with Gasteiger partial charge in [-0.05, 0) is 43.3 Å². The third kappa shape index (κ3) is 2.95. The number of furan rings is 1. The van der Waals surface area contributed by atoms with Crippen LogP contribution in [0.25, 0.3) is 17.0 Å². The Bertz CT molecular complexity index is 1090. The number of aromatic nitrogens is 3. The maximum atomic E-state index is 12.5. The first kappa shape index (κ1) is 16.4. The molecule has 6 nitrogen and oxygen atoms in total. The lowest BCUT2D eigenvalue weighted by molar-refractivity contribution is 0.0911. The third-order valence-corrected chi connectivity index (χ3v) is 4.37. The van der Waals surface area contributed by atoms with Gasteiger partial charge in [-0.1, -0.05) is 29.8 Å². The van der Waals surface area contributed by atoms with Gasteiger partial charge in [-0.2, -0.15) is 0 Å². The van der Waals surface area contributed by atoms with Crippen LogP contribution in [-0.4, -0.2) is 20.5 Å². The van der Waals surface area contributed by atoms with E-state index >= 15 is 0 Å². The van der Waals surface area contributed by atoms with Crippen molar-refractivity contribution in [3.05, 3.63) is 77.4 Å². The second-order valence-corrected chi connectivity index (χ2v) is 6.23. The van der Waals surface area contributed by atoms with Crippen LogP contribution in [0.5, 0.6) is 0 Å². The highest BCUT2D eigenvalue weighted by Gasteiger charge is 2.19. The van der Waals surface area contributed by atoms with E-state index in [-0.39, 0.29) is 17.7 Å². The molecule has 4 aromatic rings. The molecule has 1 N–H and O–H groups in total. The lowest BCUT2D eigenvalue weighted by atomic mass is 10.2. The molecule has 0 fully saturated rings. The molecule has 130 valence electrons. The number of nitrogens with zero attached hydrogens (tertiary/aromatic N) is 3. The minimum absolute atomic E-state index is 0.209. The summed E-state index contributed by atoms with van der Waals surface area (Å²) >= 11 is 6.18. The zero-order valence-corrected chi connectivity index (χ0v) is 14.6. The fourth-order valence-electron chi connectivity index (χ4n) is 2.75. The predicted octanol–water partition coefficient (Wildman–Crippen LogP) is 4.13. The van der Waals surface area contributed by atoms with Gasteiger partial charge < -0.3 is 9.73 Å². The molecular formula is C19H15ClN4O2. The molecule has 7 heteroatoms. The van der Waals surface area contributed by atoms with E-state index in [0.717, 1.165) is 11.2 Å². The summed E-state index contributed by atoms with van der Waals surface area (Å²) in [7, 11) is 0. The van der Waals surface area contributed by atoms with E-state index in [1.54, 1.807) is 18.2 Å². The summed E-state index contributed by atoms with van der Waals surface area (Å²) in [5, 5.41) is 11.7. The van der Waals surface area contributed by atoms with Gasteiger partial charge in [-0.15, -0.1) is 10.2 Å². The van der Waals surface area contributed by atoms with Crippen LogP contribution in [-0.2, 0) is 0 Å². The average molecular weight is 367 g/mol. The molecule has 1 amide bonds. The molecule has 1 atom stereocenters. The highest BCUT2D eigenvalue weighted by molar-refractivity contribution is 6.33. The van der Waals surface area contributed by atoms with Crippen molar-refractivity contribution in [2.45, 2.75) is 13.0 Å². The Morgan fingerprint density at radius 3 is 2.77 bits per heavy atom. The fourth-order valence-corrected chi connectivity index (χ4v) is 2.98. The molecule has 0 bridgehead atoms. The van der Waals surface area contributed by atoms with E-state index in [4.69, 9.17) is 16.0 Å². The minimum Gasteiger partial charge on any atom is -0.451 e. The first-order valence-electron chi connectivity index (χ1n) is 8.09. The molecule has 3 heterocycles. The van der Waals surface area contributed by atoms with Crippen LogP contribution < -0.4 is 5.32 Å². The van der Waals surface area contributed by atoms with Gasteiger partial charge in [-0.25, -0.2) is 0 Å². The van der Waals surface area contributed by atoms with Crippen LogP contribution in [0.3, 0.4) is 0 Å². The Balaban J connectivity index is 1.54. The van der Waals surface area contributed by atoms with Gasteiger partial charge in [0.15, 0.2) is 17.2 Å². The van der Waals surface area contributed by atoms with Gasteiger partial charge in [0, 0.05) is 11.8 Å². The molecule has 4 rings (SSSR count). The summed E-state index contributed by atoms with van der Waals surface area (Å²) < 4.78 is 7.51. The molecule has 0 aliphatic heterocycles. The fraction of sp³-hybridized carbons (Fsp3) is 0.105. The summed E-state index contributed by atoms with van der Waals surface area (Å²) in [4.78, 5) is 12.5. The van der Waals surface area contributed by atoms with Crippen molar-refractivity contribution in [1.82, 2.24) is 19.9 Å². The normalized spacial score (nSPS) is 12.2. The Hall–Kier alpha value is -3.12. The molecule has 0 saturated heterocycles. The molecule has 3 aromatic heterocycles. The molecule has 1 unspecified atom stereocenters. The molecular weight excluding hydrogens is 352 g/mol. The molecule has 0 saturated carbocycles. The number of fused-ring (bicyclic) bond motifs is 1. The van der Waals surface area contributed by atoms with Crippen molar-refractivity contribution >= 4 is 23.2 Å². The molecule has 0 aliphatic carbocycles. The van der Waals surface area contributed by atoms with E-state index in [1.807, 2.05) is 53.9 Å². The van der Waals surface area contributed by atoms with Crippen molar-refractivity contribution < 1.29 is 9.21 Å². The van der Waals surface area contributed by atoms with Crippen molar-refractivity contribution in [2.24, 2.45) is 0 Å². The number of hydrogen-bond donors (Lipinski definition) is 1. The highest BCUT2D eigenvalue weighted by atomic mass is 35.5. The lowest BCUT2D eigenvalue weighted by Gasteiger charge is -2.11. The first-order valence-corrected chi connectivity index (χ1v) is 8.46. The van der Waals surface area contributed by atoms with Gasteiger partial charge in [0.25, 0.3) is 5.91 Å². The van der Waals surface area contributed by atoms with Gasteiger partial charge in [-0.3, -0.25) is 9.20 Å². The van der Waals surface area contributed by atoms with Gasteiger partial charge in [0.05, 0.1) is 11.1 Å². The van der Waals surface area contributed by atoms with E-state index in [0.29, 0.717) is 16.6 Å². The van der Waals surface area contributed by atoms with Crippen molar-refractivity contribution in [3.63, 3.8) is 0 Å². The third-order valence-electron chi connectivity index (χ3n) is 4.04. The van der Waals surface area contributed by atoms with Gasteiger partial charge in [0.2, 0.25) is 0 Å². The van der Waals surface area contributed by atoms with Crippen molar-refractivity contribution in [1.29, 1.82) is 0 Å². The monoisotopic (exact) mass is 366 g/mol. The zero-order valence-electron chi connectivity index (χ0n) is 13.9. The minimum atomic E-state index is -0.339. The van der Waals surface area contributed by atoms with Gasteiger partial charge >= 0.3 is 0 Å². The number of carbonyl (C=O) groups is 1. The number of pyridine rings is 1. The Kier molecular flexibility index (Phi) is 4.18. The largest absolute Gasteiger partial charge is 0.451 e. The highest BCUT2D eigenvalue weighted by Crippen LogP contribution is 2.29. The second kappa shape index (κ2) is 6.65. The number of halogens is 1. The Morgan fingerprint density at radius 2 is 1.92 bits per heavy atom. The number of nitrogens with one attached hydrogen (secondary N) is 1. The standard InChI is InChI=1S/C19H15ClN4O2/c1-12(18-23-22-17-8-4-5-11-24(17)18)21-19(25)16-10-9-15(26-16)13-6-2-3-7-14(13)20/h2-12H,1H3,(H,21,25). The van der Waals surface area contributed by atoms with E-state index in [2.05, 4.69) is 15.5 Å². The van der Waals surface area contributed by atoms with Crippen LogP contribution in [0.4, 0.5) is 0 Å². The van der Waals surface area contributed by atoms with Crippen LogP contribution in [0.15, 0.2) is 65.2 Å². The van der Waals surface area contributed by atoms with Crippen molar-refractivity contribution in [3.8, 4) is 11.3 Å². The number of amides is 1. The van der Waals surface area contributed by atoms with Crippen LogP contribution in [0.1, 0.15) is 29.3 Å². The first-order chi connectivity index (χ1) is 12.6. The van der Waals surface area contributed by atoms with Crippen LogP contribution in [0.2, 0.25) is 5.02 Å². The van der Waals surface area contributed by atoms with Crippen LogP contribution in [0, 0.1) is 0 Å².